The van der Waals surface area contributed by atoms with Gasteiger partial charge in [0.25, 0.3) is 0 Å². The van der Waals surface area contributed by atoms with E-state index in [1.54, 1.807) is 6.20 Å². The van der Waals surface area contributed by atoms with Gasteiger partial charge in [0.05, 0.1) is 6.20 Å². The van der Waals surface area contributed by atoms with E-state index in [0.717, 1.165) is 38.4 Å². The van der Waals surface area contributed by atoms with Gasteiger partial charge in [0, 0.05) is 26.2 Å². The van der Waals surface area contributed by atoms with Gasteiger partial charge in [-0.05, 0) is 30.0 Å². The maximum atomic E-state index is 4.81. The van der Waals surface area contributed by atoms with Crippen LogP contribution in [0.25, 0.3) is 0 Å². The number of benzene rings is 2. The summed E-state index contributed by atoms with van der Waals surface area (Å²) in [7, 11) is 0. The van der Waals surface area contributed by atoms with E-state index in [1.165, 1.54) is 16.7 Å². The number of hydrogen-bond acceptors (Lipinski definition) is 5. The van der Waals surface area contributed by atoms with Gasteiger partial charge in [-0.15, -0.1) is 5.10 Å². The summed E-state index contributed by atoms with van der Waals surface area (Å²) in [6.45, 7) is 5.59. The molecule has 0 radical (unpaired) electrons. The van der Waals surface area contributed by atoms with Crippen LogP contribution in [0.4, 0.5) is 11.8 Å². The molecular weight excluding hydrogens is 322 g/mol. The Morgan fingerprint density at radius 2 is 1.77 bits per heavy atom. The van der Waals surface area contributed by atoms with Gasteiger partial charge in [-0.2, -0.15) is 10.1 Å². The van der Waals surface area contributed by atoms with Crippen molar-refractivity contribution in [3.8, 4) is 0 Å². The van der Waals surface area contributed by atoms with Crippen LogP contribution in [0, 0.1) is 0 Å². The molecule has 0 saturated carbocycles. The number of nitrogens with zero attached hydrogens (tertiary/aromatic N) is 5. The molecular formula is C21H23N5. The lowest BCUT2D eigenvalue weighted by molar-refractivity contribution is 0.691. The minimum atomic E-state index is 0.712. The maximum Gasteiger partial charge on any atom is 0.247 e. The van der Waals surface area contributed by atoms with E-state index in [2.05, 4.69) is 75.5 Å². The average molecular weight is 345 g/mol. The van der Waals surface area contributed by atoms with Crippen LogP contribution in [0.1, 0.15) is 23.6 Å². The molecule has 2 aromatic carbocycles. The third kappa shape index (κ3) is 3.52. The summed E-state index contributed by atoms with van der Waals surface area (Å²) in [6, 6.07) is 19.0. The van der Waals surface area contributed by atoms with E-state index >= 15 is 0 Å². The Hall–Kier alpha value is -2.95. The van der Waals surface area contributed by atoms with E-state index in [4.69, 9.17) is 4.98 Å². The van der Waals surface area contributed by atoms with Crippen molar-refractivity contribution in [3.63, 3.8) is 0 Å². The quantitative estimate of drug-likeness (QED) is 0.709. The normalized spacial score (nSPS) is 13.3. The molecule has 1 aliphatic heterocycles. The van der Waals surface area contributed by atoms with Crippen molar-refractivity contribution >= 4 is 11.8 Å². The van der Waals surface area contributed by atoms with Crippen LogP contribution in [-0.4, -0.2) is 28.3 Å². The molecule has 5 heteroatoms. The second-order valence-corrected chi connectivity index (χ2v) is 6.55. The molecule has 132 valence electrons. The zero-order valence-corrected chi connectivity index (χ0v) is 15.0. The lowest BCUT2D eigenvalue weighted by atomic mass is 10.0. The Kier molecular flexibility index (Phi) is 4.78. The number of fused-ring (bicyclic) bond motifs is 1. The fourth-order valence-electron chi connectivity index (χ4n) is 3.40. The van der Waals surface area contributed by atoms with Crippen LogP contribution in [0.15, 0.2) is 60.8 Å². The smallest absolute Gasteiger partial charge is 0.247 e. The first-order chi connectivity index (χ1) is 12.8. The van der Waals surface area contributed by atoms with E-state index in [1.807, 2.05) is 6.07 Å². The molecule has 0 spiro atoms. The molecule has 0 fully saturated rings. The molecule has 0 atom stereocenters. The lowest BCUT2D eigenvalue weighted by Gasteiger charge is -2.29. The Labute approximate surface area is 154 Å². The Morgan fingerprint density at radius 3 is 2.58 bits per heavy atom. The topological polar surface area (TPSA) is 45.2 Å². The van der Waals surface area contributed by atoms with Crippen LogP contribution in [0.2, 0.25) is 0 Å². The van der Waals surface area contributed by atoms with Crippen LogP contribution in [-0.2, 0) is 19.5 Å². The number of hydrogen-bond donors (Lipinski definition) is 0. The van der Waals surface area contributed by atoms with Crippen molar-refractivity contribution < 1.29 is 0 Å². The molecule has 0 bridgehead atoms. The molecule has 4 rings (SSSR count). The van der Waals surface area contributed by atoms with E-state index < -0.39 is 0 Å². The van der Waals surface area contributed by atoms with Gasteiger partial charge in [-0.1, -0.05) is 54.6 Å². The summed E-state index contributed by atoms with van der Waals surface area (Å²) in [5.74, 6) is 1.59. The van der Waals surface area contributed by atoms with Crippen molar-refractivity contribution in [2.24, 2.45) is 0 Å². The van der Waals surface area contributed by atoms with Crippen molar-refractivity contribution in [2.75, 3.05) is 22.9 Å². The van der Waals surface area contributed by atoms with Gasteiger partial charge in [-0.25, -0.2) is 0 Å². The van der Waals surface area contributed by atoms with Crippen LogP contribution >= 0.6 is 0 Å². The van der Waals surface area contributed by atoms with Gasteiger partial charge < -0.3 is 9.80 Å². The molecule has 1 aromatic heterocycles. The number of aromatic nitrogens is 3. The van der Waals surface area contributed by atoms with Crippen LogP contribution < -0.4 is 9.80 Å². The summed E-state index contributed by atoms with van der Waals surface area (Å²) < 4.78 is 0. The van der Waals surface area contributed by atoms with E-state index in [9.17, 15) is 0 Å². The highest BCUT2D eigenvalue weighted by molar-refractivity contribution is 5.45. The Balaban J connectivity index is 1.54. The fourth-order valence-corrected chi connectivity index (χ4v) is 3.40. The van der Waals surface area contributed by atoms with Gasteiger partial charge in [0.1, 0.15) is 0 Å². The zero-order valence-electron chi connectivity index (χ0n) is 15.0. The predicted octanol–water partition coefficient (Wildman–Crippen LogP) is 3.46. The first kappa shape index (κ1) is 16.5. The third-order valence-corrected chi connectivity index (χ3v) is 4.87. The zero-order chi connectivity index (χ0) is 17.8. The largest absolute Gasteiger partial charge is 0.351 e. The minimum absolute atomic E-state index is 0.712. The second kappa shape index (κ2) is 7.52. The molecule has 2 heterocycles. The first-order valence-electron chi connectivity index (χ1n) is 9.14. The maximum absolute atomic E-state index is 4.81. The highest BCUT2D eigenvalue weighted by atomic mass is 15.3. The van der Waals surface area contributed by atoms with Crippen LogP contribution in [0.5, 0.6) is 0 Å². The minimum Gasteiger partial charge on any atom is -0.351 e. The molecule has 26 heavy (non-hydrogen) atoms. The first-order valence-corrected chi connectivity index (χ1v) is 9.14. The fraction of sp³-hybridized carbons (Fsp3) is 0.286. The Bertz CT molecular complexity index is 848. The van der Waals surface area contributed by atoms with Gasteiger partial charge in [0.2, 0.25) is 5.95 Å². The van der Waals surface area contributed by atoms with Crippen LogP contribution in [0.3, 0.4) is 0 Å². The third-order valence-electron chi connectivity index (χ3n) is 4.87. The molecule has 0 saturated heterocycles. The van der Waals surface area contributed by atoms with Gasteiger partial charge in [0.15, 0.2) is 5.82 Å². The molecule has 0 aliphatic carbocycles. The van der Waals surface area contributed by atoms with E-state index in [0.29, 0.717) is 5.95 Å². The summed E-state index contributed by atoms with van der Waals surface area (Å²) in [6.07, 6.45) is 2.78. The second-order valence-electron chi connectivity index (χ2n) is 6.55. The standard InChI is InChI=1S/C21H23N5/c1-2-25(15-17-8-4-3-5-9-17)20-14-22-24-21(23-20)26-13-12-18-10-6-7-11-19(18)16-26/h3-11,14H,2,12-13,15-16H2,1H3. The van der Waals surface area contributed by atoms with Crippen molar-refractivity contribution in [3.05, 3.63) is 77.5 Å². The summed E-state index contributed by atoms with van der Waals surface area (Å²) in [4.78, 5) is 9.26. The van der Waals surface area contributed by atoms with Crippen molar-refractivity contribution in [2.45, 2.75) is 26.4 Å². The average Bonchev–Trinajstić information content (AvgIpc) is 2.72. The number of rotatable bonds is 5. The molecule has 5 nitrogen and oxygen atoms in total. The summed E-state index contributed by atoms with van der Waals surface area (Å²) in [5, 5.41) is 8.53. The summed E-state index contributed by atoms with van der Waals surface area (Å²) in [5.41, 5.74) is 4.04. The molecule has 3 aromatic rings. The highest BCUT2D eigenvalue weighted by Gasteiger charge is 2.19. The monoisotopic (exact) mass is 345 g/mol. The lowest BCUT2D eigenvalue weighted by Crippen LogP contribution is -2.32. The molecule has 0 unspecified atom stereocenters. The van der Waals surface area contributed by atoms with Crippen molar-refractivity contribution in [1.29, 1.82) is 0 Å². The number of anilines is 2. The molecule has 0 N–H and O–H groups in total. The van der Waals surface area contributed by atoms with Crippen molar-refractivity contribution in [1.82, 2.24) is 15.2 Å². The molecule has 1 aliphatic rings. The predicted molar refractivity (Wildman–Crippen MR) is 104 cm³/mol. The molecule has 0 amide bonds. The van der Waals surface area contributed by atoms with Gasteiger partial charge >= 0.3 is 0 Å². The highest BCUT2D eigenvalue weighted by Crippen LogP contribution is 2.23. The van der Waals surface area contributed by atoms with Gasteiger partial charge in [-0.3, -0.25) is 0 Å². The Morgan fingerprint density at radius 1 is 1.00 bits per heavy atom. The summed E-state index contributed by atoms with van der Waals surface area (Å²) >= 11 is 0. The van der Waals surface area contributed by atoms with E-state index in [-0.39, 0.29) is 0 Å². The SMILES string of the molecule is CCN(Cc1ccccc1)c1cnnc(N2CCc3ccccc3C2)n1.